The van der Waals surface area contributed by atoms with E-state index < -0.39 is 22.0 Å². The fourth-order valence-electron chi connectivity index (χ4n) is 2.57. The number of aromatic hydroxyl groups is 2. The minimum Gasteiger partial charge on any atom is -0.508 e. The molecule has 11 heteroatoms. The van der Waals surface area contributed by atoms with Gasteiger partial charge in [0.1, 0.15) is 56.5 Å². The topological polar surface area (TPSA) is 124 Å². The van der Waals surface area contributed by atoms with Gasteiger partial charge in [0.15, 0.2) is 0 Å². The normalized spacial score (nSPS) is 13.3. The van der Waals surface area contributed by atoms with Gasteiger partial charge in [-0.05, 0) is 12.2 Å². The molecule has 0 saturated heterocycles. The van der Waals surface area contributed by atoms with Crippen LogP contribution in [0.5, 0.6) is 34.5 Å². The zero-order chi connectivity index (χ0) is 23.0. The summed E-state index contributed by atoms with van der Waals surface area (Å²) in [4.78, 5) is 0. The van der Waals surface area contributed by atoms with Crippen molar-refractivity contribution >= 4 is 34.1 Å². The largest absolute Gasteiger partial charge is 0.508 e. The molecule has 0 aromatic heterocycles. The molecule has 0 amide bonds. The van der Waals surface area contributed by atoms with E-state index in [9.17, 15) is 18.6 Å². The van der Waals surface area contributed by atoms with Crippen LogP contribution in [0.2, 0.25) is 0 Å². The highest BCUT2D eigenvalue weighted by molar-refractivity contribution is 8.01. The van der Waals surface area contributed by atoms with Gasteiger partial charge in [-0.2, -0.15) is 0 Å². The summed E-state index contributed by atoms with van der Waals surface area (Å²) < 4.78 is 47.7. The second-order valence-corrected chi connectivity index (χ2v) is 8.21. The summed E-state index contributed by atoms with van der Waals surface area (Å²) in [7, 11) is 2.07. The molecule has 0 aliphatic heterocycles. The molecule has 168 valence electrons. The van der Waals surface area contributed by atoms with Crippen molar-refractivity contribution in [1.82, 2.24) is 4.13 Å². The lowest BCUT2D eigenvalue weighted by atomic mass is 10.1. The van der Waals surface area contributed by atoms with E-state index in [0.717, 1.165) is 0 Å². The first-order chi connectivity index (χ1) is 14.8. The van der Waals surface area contributed by atoms with E-state index in [2.05, 4.69) is 4.13 Å². The van der Waals surface area contributed by atoms with Crippen molar-refractivity contribution in [2.75, 3.05) is 28.4 Å². The monoisotopic (exact) mass is 469 g/mol. The Kier molecular flexibility index (Phi) is 8.91. The highest BCUT2D eigenvalue weighted by Gasteiger charge is 2.12. The third-order valence-corrected chi connectivity index (χ3v) is 6.02. The van der Waals surface area contributed by atoms with Gasteiger partial charge in [0.25, 0.3) is 0 Å². The molecule has 3 N–H and O–H groups in total. The van der Waals surface area contributed by atoms with Crippen molar-refractivity contribution in [2.24, 2.45) is 0 Å². The Labute approximate surface area is 185 Å². The molecule has 0 radical (unpaired) electrons. The van der Waals surface area contributed by atoms with Gasteiger partial charge in [0.2, 0.25) is 0 Å². The maximum absolute atomic E-state index is 12.3. The summed E-state index contributed by atoms with van der Waals surface area (Å²) in [6.45, 7) is 0. The van der Waals surface area contributed by atoms with Gasteiger partial charge in [-0.15, -0.1) is 4.13 Å². The predicted molar refractivity (Wildman–Crippen MR) is 120 cm³/mol. The van der Waals surface area contributed by atoms with Gasteiger partial charge >= 0.3 is 0 Å². The molecular weight excluding hydrogens is 446 g/mol. The Morgan fingerprint density at radius 3 is 1.23 bits per heavy atom. The SMILES string of the molecule is COc1cc(O)cc(OC)c1/C=C/S(=O)NS(=O)/C=C/c1c(OC)cc(O)cc1OC. The molecule has 2 aromatic rings. The van der Waals surface area contributed by atoms with Gasteiger partial charge in [0, 0.05) is 35.1 Å². The smallest absolute Gasteiger partial charge is 0.133 e. The molecule has 0 bridgehead atoms. The van der Waals surface area contributed by atoms with Crippen molar-refractivity contribution in [3.63, 3.8) is 0 Å². The Bertz CT molecular complexity index is 904. The van der Waals surface area contributed by atoms with Gasteiger partial charge in [-0.25, -0.2) is 8.42 Å². The summed E-state index contributed by atoms with van der Waals surface area (Å²) in [5.74, 6) is 1.18. The lowest BCUT2D eigenvalue weighted by Gasteiger charge is -2.11. The van der Waals surface area contributed by atoms with Crippen molar-refractivity contribution in [3.8, 4) is 34.5 Å². The molecule has 2 rings (SSSR count). The maximum atomic E-state index is 12.3. The molecule has 2 unspecified atom stereocenters. The van der Waals surface area contributed by atoms with Crippen LogP contribution in [-0.2, 0) is 22.0 Å². The third-order valence-electron chi connectivity index (χ3n) is 3.94. The maximum Gasteiger partial charge on any atom is 0.133 e. The van der Waals surface area contributed by atoms with E-state index >= 15 is 0 Å². The van der Waals surface area contributed by atoms with E-state index in [-0.39, 0.29) is 11.5 Å². The summed E-state index contributed by atoms with van der Waals surface area (Å²) in [5, 5.41) is 21.9. The zero-order valence-electron chi connectivity index (χ0n) is 17.3. The van der Waals surface area contributed by atoms with Crippen LogP contribution in [0.1, 0.15) is 11.1 Å². The molecule has 0 spiro atoms. The predicted octanol–water partition coefficient (Wildman–Crippen LogP) is 2.69. The molecule has 0 saturated carbocycles. The average molecular weight is 470 g/mol. The quantitative estimate of drug-likeness (QED) is 0.485. The van der Waals surface area contributed by atoms with Crippen LogP contribution in [0.3, 0.4) is 0 Å². The molecule has 2 aromatic carbocycles. The highest BCUT2D eigenvalue weighted by Crippen LogP contribution is 2.35. The molecule has 2 atom stereocenters. The van der Waals surface area contributed by atoms with Crippen molar-refractivity contribution in [2.45, 2.75) is 0 Å². The first-order valence-corrected chi connectivity index (χ1v) is 11.1. The van der Waals surface area contributed by atoms with Crippen LogP contribution in [0.4, 0.5) is 0 Å². The molecule has 0 aliphatic carbocycles. The standard InChI is InChI=1S/C20H23NO8S2/c1-26-17-9-13(22)10-18(27-2)15(17)5-7-30(24)21-31(25)8-6-16-19(28-3)11-14(23)12-20(16)29-4/h5-12,21-23H,1-4H3/b7-5+,8-6+. The number of phenols is 2. The second-order valence-electron chi connectivity index (χ2n) is 5.81. The average Bonchev–Trinajstić information content (AvgIpc) is 2.75. The van der Waals surface area contributed by atoms with Crippen LogP contribution >= 0.6 is 0 Å². The molecule has 0 fully saturated rings. The number of hydrogen-bond acceptors (Lipinski definition) is 8. The Morgan fingerprint density at radius 1 is 0.677 bits per heavy atom. The number of methoxy groups -OCH3 is 4. The Hall–Kier alpha value is -3.02. The second kappa shape index (κ2) is 11.4. The van der Waals surface area contributed by atoms with Gasteiger partial charge < -0.3 is 29.2 Å². The molecule has 31 heavy (non-hydrogen) atoms. The minimum atomic E-state index is -1.81. The third kappa shape index (κ3) is 6.48. The number of benzene rings is 2. The Morgan fingerprint density at radius 2 is 0.968 bits per heavy atom. The van der Waals surface area contributed by atoms with Crippen LogP contribution in [0.25, 0.3) is 12.2 Å². The first-order valence-electron chi connectivity index (χ1n) is 8.66. The van der Waals surface area contributed by atoms with Crippen LogP contribution in [-0.4, -0.2) is 47.1 Å². The first kappa shape index (κ1) is 24.3. The number of hydrogen-bond donors (Lipinski definition) is 3. The summed E-state index contributed by atoms with van der Waals surface area (Å²) in [5.41, 5.74) is 0.913. The van der Waals surface area contributed by atoms with E-state index in [4.69, 9.17) is 18.9 Å². The summed E-state index contributed by atoms with van der Waals surface area (Å²) >= 11 is 0. The van der Waals surface area contributed by atoms with Gasteiger partial charge in [0.05, 0.1) is 39.6 Å². The van der Waals surface area contributed by atoms with E-state index in [1.807, 2.05) is 0 Å². The van der Waals surface area contributed by atoms with Crippen molar-refractivity contribution < 1.29 is 37.6 Å². The summed E-state index contributed by atoms with van der Waals surface area (Å²) in [6.07, 6.45) is 2.93. The molecular formula is C20H23NO8S2. The number of rotatable bonds is 10. The molecule has 0 aliphatic rings. The molecule has 9 nitrogen and oxygen atoms in total. The van der Waals surface area contributed by atoms with Crippen molar-refractivity contribution in [1.29, 1.82) is 0 Å². The fraction of sp³-hybridized carbons (Fsp3) is 0.200. The number of ether oxygens (including phenoxy) is 4. The number of phenolic OH excluding ortho intramolecular Hbond substituents is 2. The van der Waals surface area contributed by atoms with E-state index in [1.54, 1.807) is 0 Å². The summed E-state index contributed by atoms with van der Waals surface area (Å²) in [6, 6.07) is 5.55. The van der Waals surface area contributed by atoms with Crippen LogP contribution in [0, 0.1) is 0 Å². The van der Waals surface area contributed by atoms with E-state index in [0.29, 0.717) is 34.1 Å². The Balaban J connectivity index is 2.15. The fourth-order valence-corrected chi connectivity index (χ4v) is 4.19. The zero-order valence-corrected chi connectivity index (χ0v) is 18.9. The van der Waals surface area contributed by atoms with E-state index in [1.165, 1.54) is 75.7 Å². The van der Waals surface area contributed by atoms with Crippen LogP contribution < -0.4 is 23.1 Å². The van der Waals surface area contributed by atoms with Crippen molar-refractivity contribution in [3.05, 3.63) is 46.2 Å². The minimum absolute atomic E-state index is 0.0450. The van der Waals surface area contributed by atoms with Crippen LogP contribution in [0.15, 0.2) is 35.1 Å². The lowest BCUT2D eigenvalue weighted by molar-refractivity contribution is 0.383. The lowest BCUT2D eigenvalue weighted by Crippen LogP contribution is -2.15. The number of nitrogens with one attached hydrogen (secondary N) is 1. The van der Waals surface area contributed by atoms with Gasteiger partial charge in [-0.3, -0.25) is 0 Å². The highest BCUT2D eigenvalue weighted by atomic mass is 32.3. The molecule has 0 heterocycles. The van der Waals surface area contributed by atoms with Gasteiger partial charge in [-0.1, -0.05) is 0 Å².